The number of amides is 1. The number of nitrogens with zero attached hydrogens (tertiary/aromatic N) is 2. The van der Waals surface area contributed by atoms with Crippen molar-refractivity contribution >= 4 is 22.9 Å². The van der Waals surface area contributed by atoms with Crippen molar-refractivity contribution in [2.24, 2.45) is 0 Å². The molecule has 20 heavy (non-hydrogen) atoms. The van der Waals surface area contributed by atoms with Gasteiger partial charge < -0.3 is 10.6 Å². The van der Waals surface area contributed by atoms with Gasteiger partial charge in [0.1, 0.15) is 4.88 Å². The summed E-state index contributed by atoms with van der Waals surface area (Å²) in [5.74, 6) is 0.0416. The largest absolute Gasteiger partial charge is 0.399 e. The molecule has 1 heterocycles. The van der Waals surface area contributed by atoms with Crippen LogP contribution in [-0.4, -0.2) is 22.3 Å². The van der Waals surface area contributed by atoms with Gasteiger partial charge >= 0.3 is 0 Å². The molecule has 0 atom stereocenters. The lowest BCUT2D eigenvalue weighted by Crippen LogP contribution is -2.30. The predicted octanol–water partition coefficient (Wildman–Crippen LogP) is 3.09. The molecule has 2 aromatic rings. The van der Waals surface area contributed by atoms with Crippen molar-refractivity contribution in [1.29, 1.82) is 0 Å². The average Bonchev–Trinajstić information content (AvgIpc) is 2.84. The van der Waals surface area contributed by atoms with Crippen molar-refractivity contribution < 1.29 is 4.79 Å². The topological polar surface area (TPSA) is 59.2 Å². The second-order valence-corrected chi connectivity index (χ2v) is 5.95. The quantitative estimate of drug-likeness (QED) is 0.860. The second kappa shape index (κ2) is 6.52. The molecule has 4 nitrogen and oxygen atoms in total. The molecule has 0 bridgehead atoms. The van der Waals surface area contributed by atoms with Crippen LogP contribution in [0.4, 0.5) is 5.69 Å². The van der Waals surface area contributed by atoms with Crippen LogP contribution >= 0.6 is 11.3 Å². The van der Waals surface area contributed by atoms with E-state index >= 15 is 0 Å². The highest BCUT2D eigenvalue weighted by molar-refractivity contribution is 7.13. The van der Waals surface area contributed by atoms with Crippen molar-refractivity contribution in [3.63, 3.8) is 0 Å². The zero-order valence-electron chi connectivity index (χ0n) is 11.8. The SMILES string of the molecule is CCCN(Cc1cccc(N)c1)C(=O)c1cnc(C)s1. The van der Waals surface area contributed by atoms with Crippen molar-refractivity contribution in [2.45, 2.75) is 26.8 Å². The predicted molar refractivity (Wildman–Crippen MR) is 82.7 cm³/mol. The summed E-state index contributed by atoms with van der Waals surface area (Å²) < 4.78 is 0. The molecule has 1 aromatic carbocycles. The standard InChI is InChI=1S/C15H19N3OS/c1-3-7-18(10-12-5-4-6-13(16)8-12)15(19)14-9-17-11(2)20-14/h4-6,8-9H,3,7,10,16H2,1-2H3. The Kier molecular flexibility index (Phi) is 4.74. The molecule has 5 heteroatoms. The summed E-state index contributed by atoms with van der Waals surface area (Å²) in [4.78, 5) is 19.2. The Morgan fingerprint density at radius 1 is 1.45 bits per heavy atom. The maximum atomic E-state index is 12.5. The number of aryl methyl sites for hydroxylation is 1. The van der Waals surface area contributed by atoms with Gasteiger partial charge in [-0.2, -0.15) is 0 Å². The van der Waals surface area contributed by atoms with E-state index in [9.17, 15) is 4.79 Å². The molecule has 106 valence electrons. The lowest BCUT2D eigenvalue weighted by atomic mass is 10.2. The van der Waals surface area contributed by atoms with Gasteiger partial charge in [0.05, 0.1) is 11.2 Å². The lowest BCUT2D eigenvalue weighted by Gasteiger charge is -2.21. The molecule has 0 saturated carbocycles. The number of hydrogen-bond acceptors (Lipinski definition) is 4. The highest BCUT2D eigenvalue weighted by atomic mass is 32.1. The van der Waals surface area contributed by atoms with E-state index in [0.29, 0.717) is 11.4 Å². The zero-order valence-corrected chi connectivity index (χ0v) is 12.6. The number of carbonyl (C=O) groups excluding carboxylic acids is 1. The van der Waals surface area contributed by atoms with Crippen molar-refractivity contribution in [3.05, 3.63) is 45.9 Å². The Balaban J connectivity index is 2.16. The third kappa shape index (κ3) is 3.57. The van der Waals surface area contributed by atoms with Crippen LogP contribution in [0.25, 0.3) is 0 Å². The van der Waals surface area contributed by atoms with Gasteiger partial charge in [0.2, 0.25) is 0 Å². The summed E-state index contributed by atoms with van der Waals surface area (Å²) in [6.45, 7) is 5.28. The number of nitrogen functional groups attached to an aromatic ring is 1. The summed E-state index contributed by atoms with van der Waals surface area (Å²) >= 11 is 1.44. The van der Waals surface area contributed by atoms with Crippen LogP contribution in [0.5, 0.6) is 0 Å². The molecule has 2 rings (SSSR count). The van der Waals surface area contributed by atoms with Crippen LogP contribution < -0.4 is 5.73 Å². The van der Waals surface area contributed by atoms with E-state index in [1.165, 1.54) is 11.3 Å². The molecule has 2 N–H and O–H groups in total. The van der Waals surface area contributed by atoms with Gasteiger partial charge in [-0.05, 0) is 31.0 Å². The smallest absolute Gasteiger partial charge is 0.265 e. The average molecular weight is 289 g/mol. The third-order valence-corrected chi connectivity index (χ3v) is 3.84. The van der Waals surface area contributed by atoms with Crippen molar-refractivity contribution in [1.82, 2.24) is 9.88 Å². The Labute approximate surface area is 123 Å². The molecular formula is C15H19N3OS. The maximum Gasteiger partial charge on any atom is 0.265 e. The maximum absolute atomic E-state index is 12.5. The normalized spacial score (nSPS) is 10.5. The molecule has 1 aromatic heterocycles. The van der Waals surface area contributed by atoms with Gasteiger partial charge in [-0.15, -0.1) is 11.3 Å². The molecule has 0 unspecified atom stereocenters. The molecule has 0 saturated heterocycles. The molecule has 1 amide bonds. The van der Waals surface area contributed by atoms with Gasteiger partial charge in [0, 0.05) is 18.8 Å². The number of anilines is 1. The fraction of sp³-hybridized carbons (Fsp3) is 0.333. The van der Waals surface area contributed by atoms with E-state index in [4.69, 9.17) is 5.73 Å². The molecule has 0 radical (unpaired) electrons. The van der Waals surface area contributed by atoms with E-state index in [-0.39, 0.29) is 5.91 Å². The summed E-state index contributed by atoms with van der Waals surface area (Å²) in [6, 6.07) is 7.66. The first-order valence-electron chi connectivity index (χ1n) is 6.66. The Morgan fingerprint density at radius 2 is 2.25 bits per heavy atom. The van der Waals surface area contributed by atoms with Gasteiger partial charge in [0.15, 0.2) is 0 Å². The fourth-order valence-corrected chi connectivity index (χ4v) is 2.80. The van der Waals surface area contributed by atoms with Crippen LogP contribution in [-0.2, 0) is 6.54 Å². The number of carbonyl (C=O) groups is 1. The Bertz CT molecular complexity index is 594. The summed E-state index contributed by atoms with van der Waals surface area (Å²) in [5, 5.41) is 0.911. The van der Waals surface area contributed by atoms with Gasteiger partial charge in [-0.3, -0.25) is 4.79 Å². The minimum Gasteiger partial charge on any atom is -0.399 e. The van der Waals surface area contributed by atoms with Gasteiger partial charge in [-0.25, -0.2) is 4.98 Å². The van der Waals surface area contributed by atoms with Gasteiger partial charge in [0.25, 0.3) is 5.91 Å². The minimum absolute atomic E-state index is 0.0416. The Morgan fingerprint density at radius 3 is 2.85 bits per heavy atom. The molecule has 0 aliphatic carbocycles. The monoisotopic (exact) mass is 289 g/mol. The van der Waals surface area contributed by atoms with Gasteiger partial charge in [-0.1, -0.05) is 19.1 Å². The second-order valence-electron chi connectivity index (χ2n) is 4.72. The minimum atomic E-state index is 0.0416. The number of nitrogens with two attached hydrogens (primary N) is 1. The molecular weight excluding hydrogens is 270 g/mol. The van der Waals surface area contributed by atoms with E-state index in [2.05, 4.69) is 11.9 Å². The third-order valence-electron chi connectivity index (χ3n) is 2.94. The first kappa shape index (κ1) is 14.5. The van der Waals surface area contributed by atoms with E-state index in [1.54, 1.807) is 6.20 Å². The highest BCUT2D eigenvalue weighted by Gasteiger charge is 2.17. The van der Waals surface area contributed by atoms with Crippen LogP contribution in [0.15, 0.2) is 30.5 Å². The fourth-order valence-electron chi connectivity index (χ4n) is 2.05. The summed E-state index contributed by atoms with van der Waals surface area (Å²) in [7, 11) is 0. The van der Waals surface area contributed by atoms with Crippen LogP contribution in [0.3, 0.4) is 0 Å². The number of thiazole rings is 1. The van der Waals surface area contributed by atoms with Crippen LogP contribution in [0.1, 0.15) is 33.6 Å². The van der Waals surface area contributed by atoms with Crippen LogP contribution in [0, 0.1) is 6.92 Å². The van der Waals surface area contributed by atoms with Crippen LogP contribution in [0.2, 0.25) is 0 Å². The van der Waals surface area contributed by atoms with Crippen molar-refractivity contribution in [2.75, 3.05) is 12.3 Å². The highest BCUT2D eigenvalue weighted by Crippen LogP contribution is 2.17. The number of rotatable bonds is 5. The molecule has 0 fully saturated rings. The molecule has 0 aliphatic rings. The first-order valence-corrected chi connectivity index (χ1v) is 7.48. The zero-order chi connectivity index (χ0) is 14.5. The number of hydrogen-bond donors (Lipinski definition) is 1. The Hall–Kier alpha value is -1.88. The molecule has 0 aliphatic heterocycles. The van der Waals surface area contributed by atoms with Crippen molar-refractivity contribution in [3.8, 4) is 0 Å². The molecule has 0 spiro atoms. The number of aromatic nitrogens is 1. The number of benzene rings is 1. The summed E-state index contributed by atoms with van der Waals surface area (Å²) in [6.07, 6.45) is 2.58. The van der Waals surface area contributed by atoms with E-state index < -0.39 is 0 Å². The van der Waals surface area contributed by atoms with E-state index in [0.717, 1.165) is 29.2 Å². The first-order chi connectivity index (χ1) is 9.60. The summed E-state index contributed by atoms with van der Waals surface area (Å²) in [5.41, 5.74) is 7.56. The lowest BCUT2D eigenvalue weighted by molar-refractivity contribution is 0.0748. The van der Waals surface area contributed by atoms with E-state index in [1.807, 2.05) is 36.1 Å².